The van der Waals surface area contributed by atoms with E-state index < -0.39 is 6.36 Å². The smallest absolute Gasteiger partial charge is 0.406 e. The number of aromatic nitrogens is 2. The van der Waals surface area contributed by atoms with Gasteiger partial charge in [-0.05, 0) is 12.1 Å². The van der Waals surface area contributed by atoms with Crippen molar-refractivity contribution in [3.05, 3.63) is 60.7 Å². The summed E-state index contributed by atoms with van der Waals surface area (Å²) in [7, 11) is 1.69. The van der Waals surface area contributed by atoms with Crippen LogP contribution >= 0.6 is 0 Å². The summed E-state index contributed by atoms with van der Waals surface area (Å²) in [6.45, 7) is 0. The molecule has 3 rings (SSSR count). The number of alkyl halides is 3. The molecule has 0 saturated heterocycles. The molecule has 5 nitrogen and oxygen atoms in total. The Balaban J connectivity index is 1.89. The van der Waals surface area contributed by atoms with Gasteiger partial charge >= 0.3 is 6.36 Å². The molecule has 2 N–H and O–H groups in total. The number of nitrogens with zero attached hydrogens (tertiary/aromatic N) is 2. The zero-order chi connectivity index (χ0) is 18.6. The molecular formula is C18H15F3N4O. The normalized spacial score (nSPS) is 11.1. The molecule has 0 fully saturated rings. The monoisotopic (exact) mass is 360 g/mol. The first-order valence-electron chi connectivity index (χ1n) is 7.68. The van der Waals surface area contributed by atoms with Crippen molar-refractivity contribution < 1.29 is 17.9 Å². The first-order valence-corrected chi connectivity index (χ1v) is 7.68. The van der Waals surface area contributed by atoms with Crippen molar-refractivity contribution in [1.29, 1.82) is 0 Å². The van der Waals surface area contributed by atoms with Crippen LogP contribution in [0.5, 0.6) is 5.75 Å². The van der Waals surface area contributed by atoms with E-state index in [0.717, 1.165) is 5.56 Å². The zero-order valence-electron chi connectivity index (χ0n) is 13.7. The van der Waals surface area contributed by atoms with Crippen molar-refractivity contribution in [2.45, 2.75) is 6.36 Å². The lowest BCUT2D eigenvalue weighted by Crippen LogP contribution is -2.17. The number of anilines is 3. The summed E-state index contributed by atoms with van der Waals surface area (Å²) in [5, 5.41) is 5.85. The van der Waals surface area contributed by atoms with Gasteiger partial charge in [-0.15, -0.1) is 13.2 Å². The van der Waals surface area contributed by atoms with Crippen LogP contribution in [0.25, 0.3) is 11.3 Å². The second-order valence-electron chi connectivity index (χ2n) is 5.28. The Morgan fingerprint density at radius 1 is 0.923 bits per heavy atom. The van der Waals surface area contributed by atoms with Gasteiger partial charge in [0.2, 0.25) is 5.95 Å². The average Bonchev–Trinajstić information content (AvgIpc) is 2.61. The maximum absolute atomic E-state index is 12.4. The Morgan fingerprint density at radius 3 is 2.38 bits per heavy atom. The number of rotatable bonds is 5. The standard InChI is InChI=1S/C18H15F3N4O/c1-22-17-24-15(12-6-3-2-4-7-12)11-16(25-17)23-13-8-5-9-14(10-13)26-18(19,20)21/h2-11H,1H3,(H2,22,23,24,25). The fourth-order valence-corrected chi connectivity index (χ4v) is 2.30. The maximum atomic E-state index is 12.4. The van der Waals surface area contributed by atoms with Gasteiger partial charge in [0.15, 0.2) is 0 Å². The molecule has 0 radical (unpaired) electrons. The highest BCUT2D eigenvalue weighted by Crippen LogP contribution is 2.28. The summed E-state index contributed by atoms with van der Waals surface area (Å²) in [5.41, 5.74) is 1.98. The van der Waals surface area contributed by atoms with E-state index in [-0.39, 0.29) is 5.75 Å². The van der Waals surface area contributed by atoms with E-state index in [1.165, 1.54) is 18.2 Å². The summed E-state index contributed by atoms with van der Waals surface area (Å²) >= 11 is 0. The largest absolute Gasteiger partial charge is 0.573 e. The highest BCUT2D eigenvalue weighted by Gasteiger charge is 2.31. The molecule has 134 valence electrons. The zero-order valence-corrected chi connectivity index (χ0v) is 13.7. The number of benzene rings is 2. The quantitative estimate of drug-likeness (QED) is 0.683. The summed E-state index contributed by atoms with van der Waals surface area (Å²) in [6, 6.07) is 16.8. The molecule has 0 aliphatic rings. The number of ether oxygens (including phenoxy) is 1. The van der Waals surface area contributed by atoms with Gasteiger partial charge in [0.1, 0.15) is 11.6 Å². The third-order valence-corrected chi connectivity index (χ3v) is 3.36. The van der Waals surface area contributed by atoms with E-state index in [1.54, 1.807) is 19.2 Å². The molecule has 1 heterocycles. The van der Waals surface area contributed by atoms with E-state index in [4.69, 9.17) is 0 Å². The molecule has 0 amide bonds. The summed E-state index contributed by atoms with van der Waals surface area (Å²) < 4.78 is 41.0. The Morgan fingerprint density at radius 2 is 1.69 bits per heavy atom. The first kappa shape index (κ1) is 17.5. The number of hydrogen-bond donors (Lipinski definition) is 2. The predicted molar refractivity (Wildman–Crippen MR) is 93.4 cm³/mol. The van der Waals surface area contributed by atoms with Gasteiger partial charge < -0.3 is 15.4 Å². The predicted octanol–water partition coefficient (Wildman–Crippen LogP) is 4.83. The molecular weight excluding hydrogens is 345 g/mol. The van der Waals surface area contributed by atoms with Crippen molar-refractivity contribution in [1.82, 2.24) is 9.97 Å². The molecule has 0 spiro atoms. The minimum absolute atomic E-state index is 0.311. The van der Waals surface area contributed by atoms with Crippen LogP contribution in [0.1, 0.15) is 0 Å². The summed E-state index contributed by atoms with van der Waals surface area (Å²) in [6.07, 6.45) is -4.74. The topological polar surface area (TPSA) is 59.1 Å². The highest BCUT2D eigenvalue weighted by atomic mass is 19.4. The molecule has 2 aromatic carbocycles. The maximum Gasteiger partial charge on any atom is 0.573 e. The van der Waals surface area contributed by atoms with Crippen LogP contribution in [0.3, 0.4) is 0 Å². The molecule has 0 unspecified atom stereocenters. The van der Waals surface area contributed by atoms with Crippen molar-refractivity contribution in [2.75, 3.05) is 17.7 Å². The van der Waals surface area contributed by atoms with Crippen molar-refractivity contribution in [3.63, 3.8) is 0 Å². The average molecular weight is 360 g/mol. The van der Waals surface area contributed by atoms with E-state index in [1.807, 2.05) is 30.3 Å². The van der Waals surface area contributed by atoms with Gasteiger partial charge in [0.05, 0.1) is 5.69 Å². The molecule has 0 aliphatic carbocycles. The van der Waals surface area contributed by atoms with Crippen molar-refractivity contribution >= 4 is 17.5 Å². The SMILES string of the molecule is CNc1nc(Nc2cccc(OC(F)(F)F)c2)cc(-c2ccccc2)n1. The molecule has 8 heteroatoms. The van der Waals surface area contributed by atoms with Crippen LogP contribution in [0, 0.1) is 0 Å². The lowest BCUT2D eigenvalue weighted by atomic mass is 10.1. The second kappa shape index (κ2) is 7.30. The third kappa shape index (κ3) is 4.62. The van der Waals surface area contributed by atoms with Crippen LogP contribution in [-0.4, -0.2) is 23.4 Å². The number of halogens is 3. The van der Waals surface area contributed by atoms with Crippen LogP contribution in [-0.2, 0) is 0 Å². The Hall–Kier alpha value is -3.29. The summed E-state index contributed by atoms with van der Waals surface area (Å²) in [5.74, 6) is 0.512. The van der Waals surface area contributed by atoms with Crippen LogP contribution in [0.15, 0.2) is 60.7 Å². The minimum atomic E-state index is -4.74. The van der Waals surface area contributed by atoms with Gasteiger partial charge in [-0.2, -0.15) is 4.98 Å². The van der Waals surface area contributed by atoms with Crippen LogP contribution in [0.2, 0.25) is 0 Å². The Bertz CT molecular complexity index is 885. The van der Waals surface area contributed by atoms with Crippen LogP contribution in [0.4, 0.5) is 30.6 Å². The Kier molecular flexibility index (Phi) is 4.92. The molecule has 1 aromatic heterocycles. The molecule has 0 aliphatic heterocycles. The van der Waals surface area contributed by atoms with Crippen LogP contribution < -0.4 is 15.4 Å². The molecule has 3 aromatic rings. The van der Waals surface area contributed by atoms with Gasteiger partial charge in [-0.3, -0.25) is 0 Å². The molecule has 0 bridgehead atoms. The lowest BCUT2D eigenvalue weighted by molar-refractivity contribution is -0.274. The van der Waals surface area contributed by atoms with Gasteiger partial charge in [0.25, 0.3) is 0 Å². The van der Waals surface area contributed by atoms with Gasteiger partial charge in [0, 0.05) is 30.4 Å². The molecule has 26 heavy (non-hydrogen) atoms. The van der Waals surface area contributed by atoms with E-state index in [0.29, 0.717) is 23.1 Å². The molecule has 0 saturated carbocycles. The summed E-state index contributed by atoms with van der Waals surface area (Å²) in [4.78, 5) is 8.67. The van der Waals surface area contributed by atoms with Gasteiger partial charge in [-0.25, -0.2) is 4.98 Å². The fraction of sp³-hybridized carbons (Fsp3) is 0.111. The first-order chi connectivity index (χ1) is 12.4. The number of nitrogens with one attached hydrogen (secondary N) is 2. The van der Waals surface area contributed by atoms with E-state index in [2.05, 4.69) is 25.3 Å². The second-order valence-corrected chi connectivity index (χ2v) is 5.28. The fourth-order valence-electron chi connectivity index (χ4n) is 2.30. The van der Waals surface area contributed by atoms with E-state index >= 15 is 0 Å². The van der Waals surface area contributed by atoms with Crippen molar-refractivity contribution in [3.8, 4) is 17.0 Å². The van der Waals surface area contributed by atoms with Crippen molar-refractivity contribution in [2.24, 2.45) is 0 Å². The number of hydrogen-bond acceptors (Lipinski definition) is 5. The highest BCUT2D eigenvalue weighted by molar-refractivity contribution is 5.67. The van der Waals surface area contributed by atoms with Gasteiger partial charge in [-0.1, -0.05) is 36.4 Å². The third-order valence-electron chi connectivity index (χ3n) is 3.36. The Labute approximate surface area is 147 Å². The molecule has 0 atom stereocenters. The minimum Gasteiger partial charge on any atom is -0.406 e. The van der Waals surface area contributed by atoms with E-state index in [9.17, 15) is 13.2 Å². The lowest BCUT2D eigenvalue weighted by Gasteiger charge is -2.12.